The van der Waals surface area contributed by atoms with E-state index in [-0.39, 0.29) is 29.4 Å². The molecule has 1 aliphatic heterocycles. The monoisotopic (exact) mass is 436 g/mol. The van der Waals surface area contributed by atoms with Gasteiger partial charge in [-0.2, -0.15) is 4.31 Å². The van der Waals surface area contributed by atoms with Crippen molar-refractivity contribution in [3.63, 3.8) is 0 Å². The number of ether oxygens (including phenoxy) is 2. The Morgan fingerprint density at radius 1 is 1.17 bits per heavy atom. The van der Waals surface area contributed by atoms with Crippen LogP contribution in [-0.2, 0) is 21.2 Å². The molecule has 0 radical (unpaired) electrons. The summed E-state index contributed by atoms with van der Waals surface area (Å²) in [4.78, 5) is 12.7. The largest absolute Gasteiger partial charge is 0.492 e. The zero-order valence-electron chi connectivity index (χ0n) is 16.8. The second-order valence-corrected chi connectivity index (χ2v) is 8.66. The first kappa shape index (κ1) is 22.2. The Hall–Kier alpha value is -2.49. The highest BCUT2D eigenvalue weighted by Crippen LogP contribution is 2.23. The maximum atomic E-state index is 13.1. The van der Waals surface area contributed by atoms with Crippen LogP contribution in [-0.4, -0.2) is 58.1 Å². The van der Waals surface area contributed by atoms with Gasteiger partial charge in [-0.05, 0) is 48.4 Å². The molecule has 0 spiro atoms. The van der Waals surface area contributed by atoms with Crippen molar-refractivity contribution in [3.8, 4) is 5.75 Å². The lowest BCUT2D eigenvalue weighted by Crippen LogP contribution is -2.41. The van der Waals surface area contributed by atoms with E-state index in [0.717, 1.165) is 0 Å². The van der Waals surface area contributed by atoms with E-state index in [9.17, 15) is 17.6 Å². The highest BCUT2D eigenvalue weighted by atomic mass is 32.2. The second-order valence-electron chi connectivity index (χ2n) is 6.75. The van der Waals surface area contributed by atoms with Gasteiger partial charge >= 0.3 is 0 Å². The summed E-state index contributed by atoms with van der Waals surface area (Å²) >= 11 is 0. The maximum absolute atomic E-state index is 13.1. The normalized spacial score (nSPS) is 15.0. The number of aryl methyl sites for hydroxylation is 1. The molecule has 2 aromatic carbocycles. The predicted octanol–water partition coefficient (Wildman–Crippen LogP) is 2.22. The molecule has 0 bridgehead atoms. The Morgan fingerprint density at radius 3 is 2.53 bits per heavy atom. The average Bonchev–Trinajstić information content (AvgIpc) is 2.78. The topological polar surface area (TPSA) is 84.9 Å². The van der Waals surface area contributed by atoms with Crippen LogP contribution in [0, 0.1) is 5.82 Å². The summed E-state index contributed by atoms with van der Waals surface area (Å²) in [6, 6.07) is 10.3. The molecule has 0 atom stereocenters. The highest BCUT2D eigenvalue weighted by Gasteiger charge is 2.29. The van der Waals surface area contributed by atoms with Crippen LogP contribution in [0.5, 0.6) is 5.75 Å². The van der Waals surface area contributed by atoms with E-state index in [1.54, 1.807) is 12.1 Å². The fraction of sp³-hybridized carbons (Fsp3) is 0.381. The van der Waals surface area contributed by atoms with Crippen molar-refractivity contribution in [1.82, 2.24) is 9.62 Å². The van der Waals surface area contributed by atoms with E-state index in [0.29, 0.717) is 44.0 Å². The van der Waals surface area contributed by atoms with Gasteiger partial charge in [0.2, 0.25) is 10.0 Å². The molecule has 0 aromatic heterocycles. The highest BCUT2D eigenvalue weighted by molar-refractivity contribution is 7.89. The quantitative estimate of drug-likeness (QED) is 0.642. The first-order chi connectivity index (χ1) is 14.4. The number of nitrogens with zero attached hydrogens (tertiary/aromatic N) is 1. The molecular formula is C21H25FN2O5S. The minimum Gasteiger partial charge on any atom is -0.492 e. The van der Waals surface area contributed by atoms with Crippen molar-refractivity contribution in [2.24, 2.45) is 0 Å². The van der Waals surface area contributed by atoms with Gasteiger partial charge < -0.3 is 14.8 Å². The molecule has 30 heavy (non-hydrogen) atoms. The standard InChI is InChI=1S/C21H25FN2O5S/c1-2-16-3-4-17(15-20(16)30(26,27)24-10-13-28-14-11-24)21(25)23-9-12-29-19-7-5-18(22)6-8-19/h3-8,15H,2,9-14H2,1H3,(H,23,25). The lowest BCUT2D eigenvalue weighted by atomic mass is 10.1. The van der Waals surface area contributed by atoms with E-state index >= 15 is 0 Å². The molecule has 0 aliphatic carbocycles. The van der Waals surface area contributed by atoms with Gasteiger partial charge in [-0.25, -0.2) is 12.8 Å². The molecular weight excluding hydrogens is 411 g/mol. The third kappa shape index (κ3) is 5.35. The van der Waals surface area contributed by atoms with Gasteiger partial charge in [0.25, 0.3) is 5.91 Å². The number of morpholine rings is 1. The van der Waals surface area contributed by atoms with Crippen molar-refractivity contribution in [2.75, 3.05) is 39.5 Å². The number of halogens is 1. The summed E-state index contributed by atoms with van der Waals surface area (Å²) < 4.78 is 51.1. The Morgan fingerprint density at radius 2 is 1.87 bits per heavy atom. The van der Waals surface area contributed by atoms with Crippen LogP contribution in [0.25, 0.3) is 0 Å². The molecule has 2 aromatic rings. The lowest BCUT2D eigenvalue weighted by Gasteiger charge is -2.27. The van der Waals surface area contributed by atoms with Gasteiger partial charge in [-0.3, -0.25) is 4.79 Å². The SMILES string of the molecule is CCc1ccc(C(=O)NCCOc2ccc(F)cc2)cc1S(=O)(=O)N1CCOCC1. The molecule has 0 unspecified atom stereocenters. The first-order valence-electron chi connectivity index (χ1n) is 9.79. The number of hydrogen-bond acceptors (Lipinski definition) is 5. The smallest absolute Gasteiger partial charge is 0.251 e. The van der Waals surface area contributed by atoms with Crippen LogP contribution in [0.2, 0.25) is 0 Å². The molecule has 9 heteroatoms. The van der Waals surface area contributed by atoms with E-state index in [2.05, 4.69) is 5.32 Å². The summed E-state index contributed by atoms with van der Waals surface area (Å²) in [5.74, 6) is -0.246. The molecule has 3 rings (SSSR count). The van der Waals surface area contributed by atoms with Crippen LogP contribution < -0.4 is 10.1 Å². The number of carbonyl (C=O) groups excluding carboxylic acids is 1. The summed E-state index contributed by atoms with van der Waals surface area (Å²) in [5, 5.41) is 2.71. The predicted molar refractivity (Wildman–Crippen MR) is 110 cm³/mol. The minimum atomic E-state index is -3.71. The number of carbonyl (C=O) groups is 1. The van der Waals surface area contributed by atoms with Crippen LogP contribution in [0.1, 0.15) is 22.8 Å². The second kappa shape index (κ2) is 10.0. The summed E-state index contributed by atoms with van der Waals surface area (Å²) in [7, 11) is -3.71. The number of amides is 1. The van der Waals surface area contributed by atoms with Gasteiger partial charge in [-0.1, -0.05) is 13.0 Å². The maximum Gasteiger partial charge on any atom is 0.251 e. The number of hydrogen-bond donors (Lipinski definition) is 1. The number of benzene rings is 2. The molecule has 1 fully saturated rings. The average molecular weight is 437 g/mol. The third-order valence-corrected chi connectivity index (χ3v) is 6.75. The van der Waals surface area contributed by atoms with Crippen LogP contribution in [0.4, 0.5) is 4.39 Å². The van der Waals surface area contributed by atoms with Gasteiger partial charge in [0.05, 0.1) is 24.7 Å². The van der Waals surface area contributed by atoms with Crippen LogP contribution in [0.3, 0.4) is 0 Å². The molecule has 1 N–H and O–H groups in total. The Balaban J connectivity index is 1.66. The Kier molecular flexibility index (Phi) is 7.41. The minimum absolute atomic E-state index is 0.155. The molecule has 1 aliphatic rings. The molecule has 0 saturated carbocycles. The van der Waals surface area contributed by atoms with E-state index in [4.69, 9.17) is 9.47 Å². The number of sulfonamides is 1. The Labute approximate surface area is 175 Å². The zero-order valence-corrected chi connectivity index (χ0v) is 17.6. The van der Waals surface area contributed by atoms with Crippen molar-refractivity contribution < 1.29 is 27.1 Å². The van der Waals surface area contributed by atoms with Crippen molar-refractivity contribution in [2.45, 2.75) is 18.2 Å². The van der Waals surface area contributed by atoms with Gasteiger partial charge in [-0.15, -0.1) is 0 Å². The van der Waals surface area contributed by atoms with E-state index < -0.39 is 15.9 Å². The lowest BCUT2D eigenvalue weighted by molar-refractivity contribution is 0.0730. The molecule has 7 nitrogen and oxygen atoms in total. The summed E-state index contributed by atoms with van der Waals surface area (Å²) in [5.41, 5.74) is 0.929. The van der Waals surface area contributed by atoms with Gasteiger partial charge in [0.15, 0.2) is 0 Å². The number of rotatable bonds is 8. The Bertz CT molecular complexity index is 973. The van der Waals surface area contributed by atoms with E-state index in [1.807, 2.05) is 6.92 Å². The summed E-state index contributed by atoms with van der Waals surface area (Å²) in [6.45, 7) is 3.59. The van der Waals surface area contributed by atoms with E-state index in [1.165, 1.54) is 34.6 Å². The molecule has 1 heterocycles. The number of nitrogens with one attached hydrogen (secondary N) is 1. The van der Waals surface area contributed by atoms with Crippen molar-refractivity contribution in [3.05, 3.63) is 59.4 Å². The van der Waals surface area contributed by atoms with Crippen LogP contribution >= 0.6 is 0 Å². The molecule has 1 saturated heterocycles. The van der Waals surface area contributed by atoms with Gasteiger partial charge in [0, 0.05) is 18.7 Å². The molecule has 1 amide bonds. The van der Waals surface area contributed by atoms with Crippen molar-refractivity contribution in [1.29, 1.82) is 0 Å². The first-order valence-corrected chi connectivity index (χ1v) is 11.2. The molecule has 162 valence electrons. The zero-order chi connectivity index (χ0) is 21.6. The third-order valence-electron chi connectivity index (χ3n) is 4.77. The van der Waals surface area contributed by atoms with Crippen LogP contribution in [0.15, 0.2) is 47.4 Å². The van der Waals surface area contributed by atoms with Gasteiger partial charge in [0.1, 0.15) is 18.2 Å². The summed E-state index contributed by atoms with van der Waals surface area (Å²) in [6.07, 6.45) is 0.534. The fourth-order valence-electron chi connectivity index (χ4n) is 3.12. The van der Waals surface area contributed by atoms with Crippen molar-refractivity contribution >= 4 is 15.9 Å². The fourth-order valence-corrected chi connectivity index (χ4v) is 4.85.